The van der Waals surface area contributed by atoms with E-state index >= 15 is 0 Å². The molecule has 2 nitrogen and oxygen atoms in total. The van der Waals surface area contributed by atoms with Crippen molar-refractivity contribution < 1.29 is 4.79 Å². The standard InChI is InChI=1S/C14H10Cl2NO/c15-11-7-4-8-12(16)14(11)17-13(9-18)10-5-2-1-3-6-10/h1-8,13,17H. The van der Waals surface area contributed by atoms with Crippen molar-refractivity contribution in [1.29, 1.82) is 0 Å². The van der Waals surface area contributed by atoms with Gasteiger partial charge in [-0.2, -0.15) is 0 Å². The van der Waals surface area contributed by atoms with Crippen molar-refractivity contribution in [2.45, 2.75) is 6.04 Å². The Balaban J connectivity index is 2.29. The van der Waals surface area contributed by atoms with Crippen LogP contribution in [-0.4, -0.2) is 6.29 Å². The molecule has 4 heteroatoms. The van der Waals surface area contributed by atoms with Crippen LogP contribution in [0.3, 0.4) is 0 Å². The van der Waals surface area contributed by atoms with Gasteiger partial charge in [-0.25, -0.2) is 0 Å². The Morgan fingerprint density at radius 1 is 0.944 bits per heavy atom. The highest BCUT2D eigenvalue weighted by Gasteiger charge is 2.14. The molecule has 0 aliphatic carbocycles. The van der Waals surface area contributed by atoms with Gasteiger partial charge in [0.1, 0.15) is 6.04 Å². The smallest absolute Gasteiger partial charge is 0.227 e. The normalized spacial score (nSPS) is 11.9. The number of anilines is 1. The topological polar surface area (TPSA) is 29.1 Å². The molecule has 2 aromatic rings. The first-order valence-corrected chi connectivity index (χ1v) is 6.11. The van der Waals surface area contributed by atoms with E-state index in [1.807, 2.05) is 36.6 Å². The van der Waals surface area contributed by atoms with Gasteiger partial charge in [0.05, 0.1) is 15.7 Å². The molecule has 0 aliphatic rings. The molecule has 0 saturated carbocycles. The zero-order chi connectivity index (χ0) is 13.0. The quantitative estimate of drug-likeness (QED) is 0.906. The summed E-state index contributed by atoms with van der Waals surface area (Å²) in [7, 11) is 0. The van der Waals surface area contributed by atoms with Crippen LogP contribution in [0.4, 0.5) is 5.69 Å². The minimum absolute atomic E-state index is 0.471. The van der Waals surface area contributed by atoms with Crippen LogP contribution >= 0.6 is 23.2 Å². The Kier molecular flexibility index (Phi) is 4.24. The number of para-hydroxylation sites is 1. The summed E-state index contributed by atoms with van der Waals surface area (Å²) in [5.74, 6) is 0. The van der Waals surface area contributed by atoms with Crippen molar-refractivity contribution in [3.05, 3.63) is 64.1 Å². The van der Waals surface area contributed by atoms with E-state index in [1.54, 1.807) is 18.2 Å². The van der Waals surface area contributed by atoms with Gasteiger partial charge in [-0.3, -0.25) is 4.79 Å². The number of carbonyl (C=O) groups excluding carboxylic acids is 1. The Hall–Kier alpha value is -1.51. The average Bonchev–Trinajstić information content (AvgIpc) is 2.40. The molecule has 1 radical (unpaired) electrons. The fourth-order valence-electron chi connectivity index (χ4n) is 1.61. The van der Waals surface area contributed by atoms with Gasteiger partial charge in [0.2, 0.25) is 6.29 Å². The van der Waals surface area contributed by atoms with Gasteiger partial charge in [0.25, 0.3) is 0 Å². The first-order chi connectivity index (χ1) is 8.72. The van der Waals surface area contributed by atoms with Crippen molar-refractivity contribution in [2.24, 2.45) is 0 Å². The Bertz CT molecular complexity index is 522. The summed E-state index contributed by atoms with van der Waals surface area (Å²) in [5.41, 5.74) is 1.35. The molecular weight excluding hydrogens is 269 g/mol. The largest absolute Gasteiger partial charge is 0.369 e. The second-order valence-electron chi connectivity index (χ2n) is 3.70. The molecule has 2 aromatic carbocycles. The first kappa shape index (κ1) is 12.9. The van der Waals surface area contributed by atoms with Gasteiger partial charge in [-0.15, -0.1) is 0 Å². The van der Waals surface area contributed by atoms with E-state index in [2.05, 4.69) is 5.32 Å². The van der Waals surface area contributed by atoms with E-state index in [4.69, 9.17) is 23.2 Å². The van der Waals surface area contributed by atoms with Gasteiger partial charge in [0.15, 0.2) is 0 Å². The molecule has 0 heterocycles. The van der Waals surface area contributed by atoms with E-state index in [0.717, 1.165) is 5.56 Å². The van der Waals surface area contributed by atoms with E-state index in [9.17, 15) is 4.79 Å². The molecule has 0 amide bonds. The molecule has 2 rings (SSSR count). The van der Waals surface area contributed by atoms with Crippen LogP contribution in [0.25, 0.3) is 0 Å². The lowest BCUT2D eigenvalue weighted by molar-refractivity contribution is 0.547. The lowest BCUT2D eigenvalue weighted by Crippen LogP contribution is -2.12. The zero-order valence-electron chi connectivity index (χ0n) is 9.36. The van der Waals surface area contributed by atoms with Crippen LogP contribution in [0, 0.1) is 0 Å². The van der Waals surface area contributed by atoms with Crippen LogP contribution in [0.1, 0.15) is 11.6 Å². The second-order valence-corrected chi connectivity index (χ2v) is 4.52. The van der Waals surface area contributed by atoms with Crippen LogP contribution in [0.2, 0.25) is 10.0 Å². The molecule has 0 aliphatic heterocycles. The van der Waals surface area contributed by atoms with Gasteiger partial charge in [-0.05, 0) is 17.7 Å². The Labute approximate surface area is 116 Å². The Morgan fingerprint density at radius 2 is 1.56 bits per heavy atom. The fourth-order valence-corrected chi connectivity index (χ4v) is 2.11. The van der Waals surface area contributed by atoms with Gasteiger partial charge >= 0.3 is 0 Å². The van der Waals surface area contributed by atoms with Crippen molar-refractivity contribution in [3.63, 3.8) is 0 Å². The third kappa shape index (κ3) is 2.84. The highest BCUT2D eigenvalue weighted by molar-refractivity contribution is 6.39. The number of halogens is 2. The fraction of sp³-hybridized carbons (Fsp3) is 0.0714. The van der Waals surface area contributed by atoms with E-state index in [-0.39, 0.29) is 0 Å². The van der Waals surface area contributed by atoms with Crippen LogP contribution < -0.4 is 5.32 Å². The molecule has 0 fully saturated rings. The molecular formula is C14H10Cl2NO. The highest BCUT2D eigenvalue weighted by Crippen LogP contribution is 2.32. The van der Waals surface area contributed by atoms with Crippen LogP contribution in [0.15, 0.2) is 48.5 Å². The molecule has 0 saturated heterocycles. The monoisotopic (exact) mass is 278 g/mol. The summed E-state index contributed by atoms with van der Waals surface area (Å²) < 4.78 is 0. The van der Waals surface area contributed by atoms with Crippen molar-refractivity contribution >= 4 is 35.2 Å². The van der Waals surface area contributed by atoms with E-state index < -0.39 is 6.04 Å². The molecule has 91 valence electrons. The minimum atomic E-state index is -0.594. The van der Waals surface area contributed by atoms with E-state index in [1.165, 1.54) is 0 Å². The lowest BCUT2D eigenvalue weighted by Gasteiger charge is -2.16. The molecule has 0 aromatic heterocycles. The molecule has 0 bridgehead atoms. The SMILES string of the molecule is O=[C]C(Nc1c(Cl)cccc1Cl)c1ccccc1. The number of benzene rings is 2. The van der Waals surface area contributed by atoms with Crippen molar-refractivity contribution in [2.75, 3.05) is 5.32 Å². The second kappa shape index (κ2) is 5.89. The minimum Gasteiger partial charge on any atom is -0.369 e. The summed E-state index contributed by atoms with van der Waals surface area (Å²) in [4.78, 5) is 11.1. The van der Waals surface area contributed by atoms with E-state index in [0.29, 0.717) is 15.7 Å². The van der Waals surface area contributed by atoms with Crippen LogP contribution in [0.5, 0.6) is 0 Å². The predicted octanol–water partition coefficient (Wildman–Crippen LogP) is 4.26. The van der Waals surface area contributed by atoms with Gasteiger partial charge in [0, 0.05) is 0 Å². The van der Waals surface area contributed by atoms with Gasteiger partial charge in [-0.1, -0.05) is 59.6 Å². The molecule has 1 atom stereocenters. The number of hydrogen-bond acceptors (Lipinski definition) is 2. The number of rotatable bonds is 4. The first-order valence-electron chi connectivity index (χ1n) is 5.35. The maximum absolute atomic E-state index is 11.1. The summed E-state index contributed by atoms with van der Waals surface area (Å²) in [6, 6.07) is 13.9. The zero-order valence-corrected chi connectivity index (χ0v) is 10.9. The third-order valence-corrected chi connectivity index (χ3v) is 3.13. The maximum atomic E-state index is 11.1. The highest BCUT2D eigenvalue weighted by atomic mass is 35.5. The number of hydrogen-bond donors (Lipinski definition) is 1. The maximum Gasteiger partial charge on any atom is 0.227 e. The molecule has 1 N–H and O–H groups in total. The van der Waals surface area contributed by atoms with Crippen LogP contribution in [-0.2, 0) is 4.79 Å². The summed E-state index contributed by atoms with van der Waals surface area (Å²) in [6.45, 7) is 0. The molecule has 18 heavy (non-hydrogen) atoms. The van der Waals surface area contributed by atoms with Crippen molar-refractivity contribution in [3.8, 4) is 0 Å². The lowest BCUT2D eigenvalue weighted by atomic mass is 10.1. The summed E-state index contributed by atoms with van der Waals surface area (Å²) in [6.07, 6.45) is 1.94. The predicted molar refractivity (Wildman–Crippen MR) is 75.0 cm³/mol. The average molecular weight is 279 g/mol. The van der Waals surface area contributed by atoms with Crippen molar-refractivity contribution in [1.82, 2.24) is 0 Å². The molecule has 1 unspecified atom stereocenters. The molecule has 0 spiro atoms. The summed E-state index contributed by atoms with van der Waals surface area (Å²) >= 11 is 12.1. The number of nitrogens with one attached hydrogen (secondary N) is 1. The third-order valence-electron chi connectivity index (χ3n) is 2.50. The Morgan fingerprint density at radius 3 is 2.11 bits per heavy atom. The van der Waals surface area contributed by atoms with Gasteiger partial charge < -0.3 is 5.32 Å². The summed E-state index contributed by atoms with van der Waals surface area (Å²) in [5, 5.41) is 3.94.